The molecule has 82 valence electrons. The zero-order chi connectivity index (χ0) is 11.7. The van der Waals surface area contributed by atoms with Crippen molar-refractivity contribution in [3.63, 3.8) is 0 Å². The van der Waals surface area contributed by atoms with E-state index < -0.39 is 0 Å². The maximum absolute atomic E-state index is 12.1. The molecule has 16 heavy (non-hydrogen) atoms. The van der Waals surface area contributed by atoms with E-state index in [-0.39, 0.29) is 5.78 Å². The van der Waals surface area contributed by atoms with Crippen LogP contribution in [0.1, 0.15) is 15.2 Å². The lowest BCUT2D eigenvalue weighted by molar-refractivity contribution is 0.104. The Morgan fingerprint density at radius 3 is 2.56 bits per heavy atom. The smallest absolute Gasteiger partial charge is 0.204 e. The number of ketones is 1. The lowest BCUT2D eigenvalue weighted by Gasteiger charge is -2.02. The molecule has 0 N–H and O–H groups in total. The first-order chi connectivity index (χ1) is 7.58. The molecule has 1 heterocycles. The molecule has 2 aromatic rings. The maximum Gasteiger partial charge on any atom is 0.204 e. The summed E-state index contributed by atoms with van der Waals surface area (Å²) in [4.78, 5) is 12.8. The Morgan fingerprint density at radius 2 is 1.94 bits per heavy atom. The molecule has 0 fully saturated rings. The van der Waals surface area contributed by atoms with E-state index in [0.717, 1.165) is 8.26 Å². The Morgan fingerprint density at radius 1 is 1.19 bits per heavy atom. The van der Waals surface area contributed by atoms with Gasteiger partial charge in [0.15, 0.2) is 0 Å². The van der Waals surface area contributed by atoms with Crippen LogP contribution in [0.3, 0.4) is 0 Å². The summed E-state index contributed by atoms with van der Waals surface area (Å²) in [5.74, 6) is -0.0537. The topological polar surface area (TPSA) is 17.1 Å². The molecule has 0 atom stereocenters. The van der Waals surface area contributed by atoms with Crippen LogP contribution >= 0.6 is 54.8 Å². The van der Waals surface area contributed by atoms with Gasteiger partial charge in [0.2, 0.25) is 5.78 Å². The molecule has 0 amide bonds. The largest absolute Gasteiger partial charge is 0.288 e. The predicted octanol–water partition coefficient (Wildman–Crippen LogP) is 5.16. The number of halogens is 3. The van der Waals surface area contributed by atoms with Crippen LogP contribution in [0.5, 0.6) is 0 Å². The molecule has 0 aliphatic heterocycles. The molecule has 2 rings (SSSR count). The Hall–Kier alpha value is -0.160. The highest BCUT2D eigenvalue weighted by molar-refractivity contribution is 9.11. The molecule has 0 spiro atoms. The van der Waals surface area contributed by atoms with Crippen LogP contribution in [0, 0.1) is 0 Å². The Kier molecular flexibility index (Phi) is 3.85. The van der Waals surface area contributed by atoms with Gasteiger partial charge in [0.1, 0.15) is 0 Å². The van der Waals surface area contributed by atoms with Crippen molar-refractivity contribution >= 4 is 60.6 Å². The number of rotatable bonds is 2. The molecule has 0 aliphatic carbocycles. The van der Waals surface area contributed by atoms with Crippen LogP contribution in [0.2, 0.25) is 5.02 Å². The zero-order valence-corrected chi connectivity index (χ0v) is 12.6. The second-order valence-corrected chi connectivity index (χ2v) is 6.84. The van der Waals surface area contributed by atoms with Gasteiger partial charge in [-0.1, -0.05) is 27.5 Å². The molecule has 0 radical (unpaired) electrons. The van der Waals surface area contributed by atoms with Gasteiger partial charge in [-0.05, 0) is 46.3 Å². The van der Waals surface area contributed by atoms with Crippen molar-refractivity contribution in [1.82, 2.24) is 0 Å². The van der Waals surface area contributed by atoms with Crippen LogP contribution < -0.4 is 0 Å². The first-order valence-electron chi connectivity index (χ1n) is 4.33. The highest BCUT2D eigenvalue weighted by atomic mass is 79.9. The van der Waals surface area contributed by atoms with Gasteiger partial charge in [-0.2, -0.15) is 0 Å². The van der Waals surface area contributed by atoms with Crippen molar-refractivity contribution in [3.05, 3.63) is 54.1 Å². The number of thiophene rings is 1. The highest BCUT2D eigenvalue weighted by Crippen LogP contribution is 2.28. The summed E-state index contributed by atoms with van der Waals surface area (Å²) < 4.78 is 1.78. The third-order valence-corrected chi connectivity index (χ3v) is 4.42. The molecule has 0 aliphatic rings. The van der Waals surface area contributed by atoms with Gasteiger partial charge in [0.25, 0.3) is 0 Å². The van der Waals surface area contributed by atoms with Crippen LogP contribution in [0.15, 0.2) is 38.6 Å². The van der Waals surface area contributed by atoms with E-state index in [4.69, 9.17) is 11.6 Å². The van der Waals surface area contributed by atoms with E-state index in [1.54, 1.807) is 18.2 Å². The van der Waals surface area contributed by atoms with E-state index in [2.05, 4.69) is 31.9 Å². The van der Waals surface area contributed by atoms with Crippen LogP contribution in [0.4, 0.5) is 0 Å². The van der Waals surface area contributed by atoms with Crippen LogP contribution in [-0.4, -0.2) is 5.78 Å². The molecule has 5 heteroatoms. The van der Waals surface area contributed by atoms with E-state index in [1.807, 2.05) is 12.1 Å². The lowest BCUT2D eigenvalue weighted by Crippen LogP contribution is -1.99. The van der Waals surface area contributed by atoms with Crippen molar-refractivity contribution in [3.8, 4) is 0 Å². The van der Waals surface area contributed by atoms with E-state index in [1.165, 1.54) is 11.3 Å². The molecular weight excluding hydrogens is 375 g/mol. The van der Waals surface area contributed by atoms with E-state index in [9.17, 15) is 4.79 Å². The van der Waals surface area contributed by atoms with Gasteiger partial charge >= 0.3 is 0 Å². The minimum atomic E-state index is -0.0537. The fraction of sp³-hybridized carbons (Fsp3) is 0. The standard InChI is InChI=1S/C11H5Br2ClOS/c12-6-1-2-8(14)7(5-6)11(15)9-3-4-10(13)16-9/h1-5H. The monoisotopic (exact) mass is 378 g/mol. The third kappa shape index (κ3) is 2.56. The van der Waals surface area contributed by atoms with Gasteiger partial charge in [0, 0.05) is 10.0 Å². The van der Waals surface area contributed by atoms with Crippen molar-refractivity contribution in [1.29, 1.82) is 0 Å². The number of carbonyl (C=O) groups is 1. The molecule has 0 unspecified atom stereocenters. The number of hydrogen-bond acceptors (Lipinski definition) is 2. The van der Waals surface area contributed by atoms with E-state index in [0.29, 0.717) is 15.5 Å². The summed E-state index contributed by atoms with van der Waals surface area (Å²) in [6, 6.07) is 8.89. The first-order valence-corrected chi connectivity index (χ1v) is 7.11. The average Bonchev–Trinajstić information content (AvgIpc) is 2.67. The molecule has 1 nitrogen and oxygen atoms in total. The van der Waals surface area contributed by atoms with Gasteiger partial charge in [-0.3, -0.25) is 4.79 Å². The fourth-order valence-corrected chi connectivity index (χ4v) is 3.15. The van der Waals surface area contributed by atoms with Gasteiger partial charge in [0.05, 0.1) is 13.7 Å². The summed E-state index contributed by atoms with van der Waals surface area (Å²) in [5.41, 5.74) is 0.519. The Labute approximate surface area is 119 Å². The average molecular weight is 380 g/mol. The SMILES string of the molecule is O=C(c1ccc(Br)s1)c1cc(Br)ccc1Cl. The van der Waals surface area contributed by atoms with Gasteiger partial charge in [-0.25, -0.2) is 0 Å². The van der Waals surface area contributed by atoms with Crippen molar-refractivity contribution in [2.75, 3.05) is 0 Å². The molecule has 0 saturated heterocycles. The Balaban J connectivity index is 2.45. The number of hydrogen-bond donors (Lipinski definition) is 0. The normalized spacial score (nSPS) is 10.4. The highest BCUT2D eigenvalue weighted by Gasteiger charge is 2.15. The zero-order valence-electron chi connectivity index (χ0n) is 7.84. The number of carbonyl (C=O) groups excluding carboxylic acids is 1. The summed E-state index contributed by atoms with van der Waals surface area (Å²) in [7, 11) is 0. The summed E-state index contributed by atoms with van der Waals surface area (Å²) in [5, 5.41) is 0.470. The minimum Gasteiger partial charge on any atom is -0.288 e. The van der Waals surface area contributed by atoms with Crippen molar-refractivity contribution in [2.45, 2.75) is 0 Å². The summed E-state index contributed by atoms with van der Waals surface area (Å²) >= 11 is 14.1. The summed E-state index contributed by atoms with van der Waals surface area (Å²) in [6.45, 7) is 0. The number of benzene rings is 1. The van der Waals surface area contributed by atoms with Gasteiger partial charge < -0.3 is 0 Å². The second kappa shape index (κ2) is 5.00. The quantitative estimate of drug-likeness (QED) is 0.658. The van der Waals surface area contributed by atoms with E-state index >= 15 is 0 Å². The Bertz CT molecular complexity index is 551. The molecule has 1 aromatic carbocycles. The van der Waals surface area contributed by atoms with Crippen LogP contribution in [0.25, 0.3) is 0 Å². The molecular formula is C11H5Br2ClOS. The van der Waals surface area contributed by atoms with Crippen molar-refractivity contribution < 1.29 is 4.79 Å². The summed E-state index contributed by atoms with van der Waals surface area (Å²) in [6.07, 6.45) is 0. The van der Waals surface area contributed by atoms with Crippen LogP contribution in [-0.2, 0) is 0 Å². The molecule has 1 aromatic heterocycles. The molecule has 0 bridgehead atoms. The minimum absolute atomic E-state index is 0.0537. The molecule has 0 saturated carbocycles. The van der Waals surface area contributed by atoms with Crippen molar-refractivity contribution in [2.24, 2.45) is 0 Å². The lowest BCUT2D eigenvalue weighted by atomic mass is 10.1. The second-order valence-electron chi connectivity index (χ2n) is 3.06. The van der Waals surface area contributed by atoms with Gasteiger partial charge in [-0.15, -0.1) is 11.3 Å². The first kappa shape index (κ1) is 12.3. The predicted molar refractivity (Wildman–Crippen MR) is 74.6 cm³/mol. The third-order valence-electron chi connectivity index (χ3n) is 1.97. The maximum atomic E-state index is 12.1. The fourth-order valence-electron chi connectivity index (χ4n) is 1.24.